The number of nitrogens with one attached hydrogen (secondary N) is 2. The summed E-state index contributed by atoms with van der Waals surface area (Å²) in [5.41, 5.74) is 2.02. The van der Waals surface area contributed by atoms with E-state index in [9.17, 15) is 8.42 Å². The third-order valence-corrected chi connectivity index (χ3v) is 5.37. The first-order valence-corrected chi connectivity index (χ1v) is 9.69. The SMILES string of the molecule is Cc1ccc(S(=O)(=O)NCCNCc2cccc3c2OCCO3)cc1. The third kappa shape index (κ3) is 4.50. The normalized spacial score (nSPS) is 13.6. The zero-order valence-electron chi connectivity index (χ0n) is 14.1. The maximum atomic E-state index is 12.2. The number of benzene rings is 2. The summed E-state index contributed by atoms with van der Waals surface area (Å²) in [6.07, 6.45) is 0. The predicted octanol–water partition coefficient (Wildman–Crippen LogP) is 1.83. The second-order valence-corrected chi connectivity index (χ2v) is 7.60. The van der Waals surface area contributed by atoms with Gasteiger partial charge in [0.05, 0.1) is 4.90 Å². The third-order valence-electron chi connectivity index (χ3n) is 3.89. The van der Waals surface area contributed by atoms with Crippen LogP contribution in [0, 0.1) is 6.92 Å². The lowest BCUT2D eigenvalue weighted by Gasteiger charge is -2.21. The molecule has 2 aromatic rings. The van der Waals surface area contributed by atoms with Gasteiger partial charge in [-0.15, -0.1) is 0 Å². The topological polar surface area (TPSA) is 76.7 Å². The first-order chi connectivity index (χ1) is 12.1. The predicted molar refractivity (Wildman–Crippen MR) is 95.5 cm³/mol. The van der Waals surface area contributed by atoms with Crippen LogP contribution in [-0.4, -0.2) is 34.7 Å². The summed E-state index contributed by atoms with van der Waals surface area (Å²) >= 11 is 0. The molecule has 0 amide bonds. The van der Waals surface area contributed by atoms with Crippen molar-refractivity contribution < 1.29 is 17.9 Å². The van der Waals surface area contributed by atoms with Crippen LogP contribution in [0.4, 0.5) is 0 Å². The van der Waals surface area contributed by atoms with Crippen molar-refractivity contribution in [2.24, 2.45) is 0 Å². The number of fused-ring (bicyclic) bond motifs is 1. The van der Waals surface area contributed by atoms with E-state index in [1.807, 2.05) is 25.1 Å². The van der Waals surface area contributed by atoms with E-state index in [0.29, 0.717) is 32.8 Å². The fourth-order valence-electron chi connectivity index (χ4n) is 2.57. The molecule has 7 heteroatoms. The van der Waals surface area contributed by atoms with Gasteiger partial charge in [0.1, 0.15) is 13.2 Å². The zero-order chi connectivity index (χ0) is 17.7. The molecule has 0 fully saturated rings. The van der Waals surface area contributed by atoms with E-state index in [0.717, 1.165) is 22.6 Å². The molecule has 0 atom stereocenters. The molecule has 2 aromatic carbocycles. The molecule has 2 N–H and O–H groups in total. The van der Waals surface area contributed by atoms with Crippen LogP contribution in [0.5, 0.6) is 11.5 Å². The summed E-state index contributed by atoms with van der Waals surface area (Å²) in [5, 5.41) is 3.22. The van der Waals surface area contributed by atoms with E-state index in [1.54, 1.807) is 24.3 Å². The Balaban J connectivity index is 1.48. The van der Waals surface area contributed by atoms with Gasteiger partial charge in [0, 0.05) is 25.2 Å². The Kier molecular flexibility index (Phi) is 5.57. The fraction of sp³-hybridized carbons (Fsp3) is 0.333. The van der Waals surface area contributed by atoms with Crippen LogP contribution >= 0.6 is 0 Å². The van der Waals surface area contributed by atoms with Gasteiger partial charge in [-0.1, -0.05) is 29.8 Å². The van der Waals surface area contributed by atoms with Gasteiger partial charge >= 0.3 is 0 Å². The molecule has 6 nitrogen and oxygen atoms in total. The van der Waals surface area contributed by atoms with Gasteiger partial charge < -0.3 is 14.8 Å². The standard InChI is InChI=1S/C18H22N2O4S/c1-14-5-7-16(8-6-14)25(21,22)20-10-9-19-13-15-3-2-4-17-18(15)24-12-11-23-17/h2-8,19-20H,9-13H2,1H3. The van der Waals surface area contributed by atoms with Crippen molar-refractivity contribution in [3.63, 3.8) is 0 Å². The van der Waals surface area contributed by atoms with Crippen molar-refractivity contribution in [3.8, 4) is 11.5 Å². The van der Waals surface area contributed by atoms with Gasteiger partial charge in [-0.2, -0.15) is 0 Å². The smallest absolute Gasteiger partial charge is 0.240 e. The molecule has 1 aliphatic rings. The van der Waals surface area contributed by atoms with Crippen molar-refractivity contribution in [2.75, 3.05) is 26.3 Å². The number of ether oxygens (including phenoxy) is 2. The highest BCUT2D eigenvalue weighted by Crippen LogP contribution is 2.33. The first kappa shape index (κ1) is 17.7. The summed E-state index contributed by atoms with van der Waals surface area (Å²) < 4.78 is 38.2. The Hall–Kier alpha value is -2.09. The minimum Gasteiger partial charge on any atom is -0.486 e. The van der Waals surface area contributed by atoms with Crippen LogP contribution in [0.15, 0.2) is 47.4 Å². The average molecular weight is 362 g/mol. The van der Waals surface area contributed by atoms with E-state index in [1.165, 1.54) is 0 Å². The summed E-state index contributed by atoms with van der Waals surface area (Å²) in [6.45, 7) is 4.42. The van der Waals surface area contributed by atoms with Gasteiger partial charge in [-0.25, -0.2) is 13.1 Å². The molecule has 0 radical (unpaired) electrons. The quantitative estimate of drug-likeness (QED) is 0.735. The number of hydrogen-bond acceptors (Lipinski definition) is 5. The molecule has 25 heavy (non-hydrogen) atoms. The molecule has 0 unspecified atom stereocenters. The van der Waals surface area contributed by atoms with E-state index in [2.05, 4.69) is 10.0 Å². The molecule has 3 rings (SSSR count). The molecular formula is C18H22N2O4S. The fourth-order valence-corrected chi connectivity index (χ4v) is 3.60. The highest BCUT2D eigenvalue weighted by Gasteiger charge is 2.15. The van der Waals surface area contributed by atoms with Crippen LogP contribution in [0.3, 0.4) is 0 Å². The molecule has 0 saturated heterocycles. The number of sulfonamides is 1. The lowest BCUT2D eigenvalue weighted by Crippen LogP contribution is -2.31. The number of para-hydroxylation sites is 1. The molecule has 134 valence electrons. The van der Waals surface area contributed by atoms with Crippen LogP contribution in [0.2, 0.25) is 0 Å². The minimum absolute atomic E-state index is 0.278. The van der Waals surface area contributed by atoms with Crippen molar-refractivity contribution in [3.05, 3.63) is 53.6 Å². The summed E-state index contributed by atoms with van der Waals surface area (Å²) in [5.74, 6) is 1.52. The first-order valence-electron chi connectivity index (χ1n) is 8.21. The molecule has 0 spiro atoms. The van der Waals surface area contributed by atoms with E-state index < -0.39 is 10.0 Å². The molecule has 1 aliphatic heterocycles. The van der Waals surface area contributed by atoms with Crippen molar-refractivity contribution in [1.82, 2.24) is 10.0 Å². The number of rotatable bonds is 7. The second-order valence-electron chi connectivity index (χ2n) is 5.83. The summed E-state index contributed by atoms with van der Waals surface area (Å²) in [6, 6.07) is 12.6. The monoisotopic (exact) mass is 362 g/mol. The molecular weight excluding hydrogens is 340 g/mol. The number of aryl methyl sites for hydroxylation is 1. The van der Waals surface area contributed by atoms with Crippen LogP contribution in [-0.2, 0) is 16.6 Å². The Morgan fingerprint density at radius 2 is 1.76 bits per heavy atom. The molecule has 0 bridgehead atoms. The van der Waals surface area contributed by atoms with Gasteiger partial charge in [0.2, 0.25) is 10.0 Å². The summed E-state index contributed by atoms with van der Waals surface area (Å²) in [4.78, 5) is 0.278. The summed E-state index contributed by atoms with van der Waals surface area (Å²) in [7, 11) is -3.47. The molecule has 0 aliphatic carbocycles. The van der Waals surface area contributed by atoms with Crippen LogP contribution in [0.1, 0.15) is 11.1 Å². The lowest BCUT2D eigenvalue weighted by atomic mass is 10.1. The van der Waals surface area contributed by atoms with Gasteiger partial charge in [0.15, 0.2) is 11.5 Å². The second kappa shape index (κ2) is 7.86. The van der Waals surface area contributed by atoms with Crippen molar-refractivity contribution in [1.29, 1.82) is 0 Å². The maximum absolute atomic E-state index is 12.2. The molecule has 1 heterocycles. The Bertz CT molecular complexity index is 819. The van der Waals surface area contributed by atoms with E-state index in [-0.39, 0.29) is 4.90 Å². The van der Waals surface area contributed by atoms with Gasteiger partial charge in [0.25, 0.3) is 0 Å². The minimum atomic E-state index is -3.47. The molecule has 0 aromatic heterocycles. The van der Waals surface area contributed by atoms with Crippen LogP contribution in [0.25, 0.3) is 0 Å². The van der Waals surface area contributed by atoms with Crippen molar-refractivity contribution in [2.45, 2.75) is 18.4 Å². The largest absolute Gasteiger partial charge is 0.486 e. The van der Waals surface area contributed by atoms with Crippen molar-refractivity contribution >= 4 is 10.0 Å². The van der Waals surface area contributed by atoms with E-state index in [4.69, 9.17) is 9.47 Å². The molecule has 0 saturated carbocycles. The Morgan fingerprint density at radius 1 is 1.00 bits per heavy atom. The lowest BCUT2D eigenvalue weighted by molar-refractivity contribution is 0.169. The maximum Gasteiger partial charge on any atom is 0.240 e. The Morgan fingerprint density at radius 3 is 2.56 bits per heavy atom. The van der Waals surface area contributed by atoms with Crippen LogP contribution < -0.4 is 19.5 Å². The number of hydrogen-bond donors (Lipinski definition) is 2. The van der Waals surface area contributed by atoms with Gasteiger partial charge in [-0.3, -0.25) is 0 Å². The Labute approximate surface area is 148 Å². The average Bonchev–Trinajstić information content (AvgIpc) is 2.62. The van der Waals surface area contributed by atoms with Gasteiger partial charge in [-0.05, 0) is 25.1 Å². The zero-order valence-corrected chi connectivity index (χ0v) is 14.9. The highest BCUT2D eigenvalue weighted by molar-refractivity contribution is 7.89. The highest BCUT2D eigenvalue weighted by atomic mass is 32.2. The van der Waals surface area contributed by atoms with E-state index >= 15 is 0 Å².